The molecule has 8 nitrogen and oxygen atoms in total. The number of pyridine rings is 1. The smallest absolute Gasteiger partial charge is 0.282 e. The molecule has 0 aliphatic carbocycles. The van der Waals surface area contributed by atoms with E-state index in [9.17, 15) is 14.4 Å². The molecule has 2 saturated heterocycles. The average Bonchev–Trinajstić information content (AvgIpc) is 3.46. The summed E-state index contributed by atoms with van der Waals surface area (Å²) < 4.78 is 36.3. The summed E-state index contributed by atoms with van der Waals surface area (Å²) in [6, 6.07) is 10.9. The van der Waals surface area contributed by atoms with Gasteiger partial charge in [0.05, 0.1) is 11.2 Å². The maximum atomic E-state index is 16.2. The average molecular weight is 629 g/mol. The minimum absolute atomic E-state index is 0.0621. The Bertz CT molecular complexity index is 1750. The Morgan fingerprint density at radius 3 is 2.82 bits per heavy atom. The number of amides is 1. The van der Waals surface area contributed by atoms with Crippen LogP contribution in [0.4, 0.5) is 14.5 Å². The van der Waals surface area contributed by atoms with E-state index in [1.165, 1.54) is 11.0 Å². The number of halogens is 2. The van der Waals surface area contributed by atoms with Crippen molar-refractivity contribution in [2.75, 3.05) is 57.0 Å². The first kappa shape index (κ1) is 30.8. The summed E-state index contributed by atoms with van der Waals surface area (Å²) in [7, 11) is 2.05. The number of carbonyl (C=O) groups is 1. The van der Waals surface area contributed by atoms with Gasteiger partial charge in [-0.25, -0.2) is 20.3 Å². The van der Waals surface area contributed by atoms with Crippen molar-refractivity contribution < 1.29 is 18.3 Å². The molecule has 0 unspecified atom stereocenters. The SMILES string of the molecule is [C-]#[N+]C[C@H]1CN(c2c(C#N)c(OC[C@@H]3CCCN3C)nc3cc(-c4cccc5c4CCCS5)c(F)cc23)CCN1C(=O)C(=C)F. The summed E-state index contributed by atoms with van der Waals surface area (Å²) >= 11 is 1.78. The Labute approximate surface area is 266 Å². The lowest BCUT2D eigenvalue weighted by Gasteiger charge is -2.40. The summed E-state index contributed by atoms with van der Waals surface area (Å²) in [4.78, 5) is 27.4. The number of thioether (sulfide) groups is 1. The van der Waals surface area contributed by atoms with Crippen molar-refractivity contribution in [3.63, 3.8) is 0 Å². The maximum Gasteiger partial charge on any atom is 0.282 e. The molecular formula is C34H34F2N6O2S. The van der Waals surface area contributed by atoms with Crippen molar-refractivity contribution in [3.05, 3.63) is 71.1 Å². The number of likely N-dealkylation sites (N-methyl/N-ethyl adjacent to an activating group) is 1. The summed E-state index contributed by atoms with van der Waals surface area (Å²) in [5.74, 6) is -1.18. The Balaban J connectivity index is 1.48. The lowest BCUT2D eigenvalue weighted by Crippen LogP contribution is -2.56. The zero-order valence-electron chi connectivity index (χ0n) is 25.2. The third kappa shape index (κ3) is 5.95. The highest BCUT2D eigenvalue weighted by Gasteiger charge is 2.36. The van der Waals surface area contributed by atoms with E-state index in [2.05, 4.69) is 28.5 Å². The number of piperazine rings is 1. The molecule has 0 spiro atoms. The number of rotatable bonds is 7. The van der Waals surface area contributed by atoms with E-state index in [1.807, 2.05) is 24.1 Å². The number of benzene rings is 2. The monoisotopic (exact) mass is 628 g/mol. The first-order chi connectivity index (χ1) is 21.8. The maximum absolute atomic E-state index is 16.2. The fourth-order valence-corrected chi connectivity index (χ4v) is 7.81. The molecule has 232 valence electrons. The van der Waals surface area contributed by atoms with Gasteiger partial charge in [0.2, 0.25) is 12.4 Å². The first-order valence-electron chi connectivity index (χ1n) is 15.2. The number of fused-ring (bicyclic) bond motifs is 2. The highest BCUT2D eigenvalue weighted by molar-refractivity contribution is 7.99. The number of nitrogens with zero attached hydrogens (tertiary/aromatic N) is 6. The standard InChI is InChI=1S/C34H34F2N6O2S/c1-21(35)34(43)42-13-12-41(19-23(42)18-38-2)32-27-15-29(36)26(24-8-4-10-31-25(24)9-6-14-45-31)16-30(27)39-33(28(32)17-37)44-20-22-7-5-11-40(22)3/h4,8,10,15-16,22-23H,1,5-7,9,11-14,18-20H2,3H3/t22-,23-/m0/s1. The third-order valence-electron chi connectivity index (χ3n) is 9.05. The molecule has 3 aromatic rings. The Morgan fingerprint density at radius 1 is 1.24 bits per heavy atom. The van der Waals surface area contributed by atoms with Gasteiger partial charge < -0.3 is 24.3 Å². The van der Waals surface area contributed by atoms with Gasteiger partial charge in [0.15, 0.2) is 5.83 Å². The molecule has 2 fully saturated rings. The lowest BCUT2D eigenvalue weighted by atomic mass is 9.94. The second-order valence-corrected chi connectivity index (χ2v) is 12.9. The fourth-order valence-electron chi connectivity index (χ4n) is 6.74. The van der Waals surface area contributed by atoms with Crippen LogP contribution in [0, 0.1) is 23.7 Å². The molecular weight excluding hydrogens is 594 g/mol. The van der Waals surface area contributed by atoms with E-state index in [0.717, 1.165) is 54.0 Å². The second kappa shape index (κ2) is 13.0. The van der Waals surface area contributed by atoms with E-state index < -0.39 is 23.6 Å². The van der Waals surface area contributed by atoms with Crippen molar-refractivity contribution in [1.29, 1.82) is 5.26 Å². The zero-order chi connectivity index (χ0) is 31.7. The molecule has 45 heavy (non-hydrogen) atoms. The van der Waals surface area contributed by atoms with Crippen LogP contribution in [-0.2, 0) is 11.2 Å². The van der Waals surface area contributed by atoms with Crippen LogP contribution < -0.4 is 9.64 Å². The molecule has 3 aliphatic rings. The predicted molar refractivity (Wildman–Crippen MR) is 171 cm³/mol. The van der Waals surface area contributed by atoms with Crippen molar-refractivity contribution in [3.8, 4) is 23.1 Å². The molecule has 0 bridgehead atoms. The van der Waals surface area contributed by atoms with Gasteiger partial charge in [-0.2, -0.15) is 5.26 Å². The second-order valence-electron chi connectivity index (χ2n) is 11.8. The molecule has 2 atom stereocenters. The summed E-state index contributed by atoms with van der Waals surface area (Å²) in [6.07, 6.45) is 3.91. The first-order valence-corrected chi connectivity index (χ1v) is 16.2. The number of carbonyl (C=O) groups excluding carboxylic acids is 1. The van der Waals surface area contributed by atoms with Gasteiger partial charge in [0, 0.05) is 41.5 Å². The van der Waals surface area contributed by atoms with Crippen molar-refractivity contribution in [2.45, 2.75) is 42.7 Å². The number of aromatic nitrogens is 1. The van der Waals surface area contributed by atoms with Gasteiger partial charge in [0.25, 0.3) is 5.91 Å². The van der Waals surface area contributed by atoms with Crippen LogP contribution in [0.3, 0.4) is 0 Å². The molecule has 0 radical (unpaired) electrons. The molecule has 1 amide bonds. The molecule has 3 aliphatic heterocycles. The van der Waals surface area contributed by atoms with Gasteiger partial charge in [0.1, 0.15) is 30.1 Å². The molecule has 0 N–H and O–H groups in total. The highest BCUT2D eigenvalue weighted by Crippen LogP contribution is 2.42. The van der Waals surface area contributed by atoms with Crippen molar-refractivity contribution in [1.82, 2.24) is 14.8 Å². The normalized spacial score (nSPS) is 20.0. The summed E-state index contributed by atoms with van der Waals surface area (Å²) in [5, 5.41) is 10.9. The molecule has 1 aromatic heterocycles. The van der Waals surface area contributed by atoms with Crippen LogP contribution in [0.15, 0.2) is 47.6 Å². The predicted octanol–water partition coefficient (Wildman–Crippen LogP) is 5.84. The minimum Gasteiger partial charge on any atom is -0.475 e. The number of hydrogen-bond acceptors (Lipinski definition) is 7. The van der Waals surface area contributed by atoms with E-state index in [-0.39, 0.29) is 43.7 Å². The van der Waals surface area contributed by atoms with Gasteiger partial charge in [-0.15, -0.1) is 11.8 Å². The van der Waals surface area contributed by atoms with Crippen LogP contribution >= 0.6 is 11.8 Å². The lowest BCUT2D eigenvalue weighted by molar-refractivity contribution is -0.131. The number of anilines is 1. The quantitative estimate of drug-likeness (QED) is 0.240. The topological polar surface area (TPSA) is 77.1 Å². The number of nitriles is 1. The largest absolute Gasteiger partial charge is 0.475 e. The third-order valence-corrected chi connectivity index (χ3v) is 10.2. The molecule has 0 saturated carbocycles. The van der Waals surface area contributed by atoms with Crippen LogP contribution in [0.1, 0.15) is 30.4 Å². The van der Waals surface area contributed by atoms with Crippen LogP contribution in [0.2, 0.25) is 0 Å². The molecule has 4 heterocycles. The van der Waals surface area contributed by atoms with Gasteiger partial charge in [-0.3, -0.25) is 4.79 Å². The molecule has 6 rings (SSSR count). The summed E-state index contributed by atoms with van der Waals surface area (Å²) in [5.41, 5.74) is 3.48. The van der Waals surface area contributed by atoms with Crippen molar-refractivity contribution >= 4 is 34.3 Å². The Morgan fingerprint density at radius 2 is 2.09 bits per heavy atom. The molecule has 2 aromatic carbocycles. The Hall–Kier alpha value is -4.19. The number of hydrogen-bond donors (Lipinski definition) is 0. The van der Waals surface area contributed by atoms with Crippen LogP contribution in [-0.4, -0.2) is 84.9 Å². The van der Waals surface area contributed by atoms with Crippen molar-refractivity contribution in [2.24, 2.45) is 0 Å². The van der Waals surface area contributed by atoms with Crippen LogP contribution in [0.25, 0.3) is 26.9 Å². The summed E-state index contributed by atoms with van der Waals surface area (Å²) in [6.45, 7) is 12.3. The minimum atomic E-state index is -1.09. The highest BCUT2D eigenvalue weighted by atomic mass is 32.2. The van der Waals surface area contributed by atoms with Gasteiger partial charge >= 0.3 is 0 Å². The van der Waals surface area contributed by atoms with Gasteiger partial charge in [-0.1, -0.05) is 18.7 Å². The number of likely N-dealkylation sites (tertiary alicyclic amines) is 1. The fraction of sp³-hybridized carbons (Fsp3) is 0.412. The van der Waals surface area contributed by atoms with E-state index in [0.29, 0.717) is 28.8 Å². The van der Waals surface area contributed by atoms with Gasteiger partial charge in [-0.05, 0) is 74.4 Å². The van der Waals surface area contributed by atoms with Crippen LogP contribution in [0.5, 0.6) is 5.88 Å². The molecule has 11 heteroatoms. The van der Waals surface area contributed by atoms with E-state index in [4.69, 9.17) is 16.3 Å². The Kier molecular flexibility index (Phi) is 8.93. The number of ether oxygens (including phenoxy) is 1. The zero-order valence-corrected chi connectivity index (χ0v) is 26.0. The van der Waals surface area contributed by atoms with E-state index in [1.54, 1.807) is 17.8 Å². The van der Waals surface area contributed by atoms with E-state index >= 15 is 4.39 Å².